The third-order valence-corrected chi connectivity index (χ3v) is 3.38. The van der Waals surface area contributed by atoms with Crippen LogP contribution in [0.2, 0.25) is 0 Å². The maximum atomic E-state index is 12.0. The second-order valence-electron chi connectivity index (χ2n) is 4.20. The molecule has 2 aliphatic heterocycles. The summed E-state index contributed by atoms with van der Waals surface area (Å²) in [5.74, 6) is -0.251. The SMILES string of the molecule is O=C1[C@@H](Cl)[C@H]2C=C[C@H](O2)N1OCc1ccccc1. The highest BCUT2D eigenvalue weighted by Gasteiger charge is 2.44. The third-order valence-electron chi connectivity index (χ3n) is 2.95. The van der Waals surface area contributed by atoms with Crippen molar-refractivity contribution in [1.82, 2.24) is 5.06 Å². The van der Waals surface area contributed by atoms with Gasteiger partial charge in [-0.25, -0.2) is 0 Å². The summed E-state index contributed by atoms with van der Waals surface area (Å²) < 4.78 is 5.52. The van der Waals surface area contributed by atoms with Crippen LogP contribution in [0.25, 0.3) is 0 Å². The monoisotopic (exact) mass is 265 g/mol. The Hall–Kier alpha value is -1.36. The number of alkyl halides is 1. The number of hydrogen-bond acceptors (Lipinski definition) is 3. The summed E-state index contributed by atoms with van der Waals surface area (Å²) in [6, 6.07) is 9.63. The highest BCUT2D eigenvalue weighted by molar-refractivity contribution is 6.31. The van der Waals surface area contributed by atoms with Gasteiger partial charge in [0.25, 0.3) is 5.91 Å². The zero-order valence-electron chi connectivity index (χ0n) is 9.53. The van der Waals surface area contributed by atoms with E-state index in [0.29, 0.717) is 6.61 Å². The number of carbonyl (C=O) groups excluding carboxylic acids is 1. The van der Waals surface area contributed by atoms with Crippen LogP contribution in [0, 0.1) is 0 Å². The van der Waals surface area contributed by atoms with E-state index in [1.807, 2.05) is 30.3 Å². The third kappa shape index (κ3) is 2.03. The lowest BCUT2D eigenvalue weighted by atomic mass is 10.2. The van der Waals surface area contributed by atoms with Gasteiger partial charge in [-0.15, -0.1) is 11.6 Å². The lowest BCUT2D eigenvalue weighted by molar-refractivity contribution is -0.254. The summed E-state index contributed by atoms with van der Waals surface area (Å²) in [6.07, 6.45) is 2.80. The first-order chi connectivity index (χ1) is 8.75. The first-order valence-corrected chi connectivity index (χ1v) is 6.17. The van der Waals surface area contributed by atoms with E-state index < -0.39 is 11.6 Å². The molecule has 0 radical (unpaired) electrons. The van der Waals surface area contributed by atoms with E-state index in [1.165, 1.54) is 5.06 Å². The molecule has 0 N–H and O–H groups in total. The van der Waals surface area contributed by atoms with E-state index in [-0.39, 0.29) is 12.0 Å². The number of hydroxylamine groups is 2. The van der Waals surface area contributed by atoms with Crippen molar-refractivity contribution in [3.8, 4) is 0 Å². The highest BCUT2D eigenvalue weighted by atomic mass is 35.5. The molecule has 0 aliphatic carbocycles. The first kappa shape index (κ1) is 11.7. The average Bonchev–Trinajstić information content (AvgIpc) is 2.84. The van der Waals surface area contributed by atoms with Crippen LogP contribution in [-0.4, -0.2) is 28.7 Å². The van der Waals surface area contributed by atoms with Crippen LogP contribution in [0.4, 0.5) is 0 Å². The van der Waals surface area contributed by atoms with Gasteiger partial charge in [0.2, 0.25) is 0 Å². The Morgan fingerprint density at radius 1 is 1.28 bits per heavy atom. The van der Waals surface area contributed by atoms with Crippen LogP contribution >= 0.6 is 11.6 Å². The molecule has 0 saturated carbocycles. The average molecular weight is 266 g/mol. The number of amides is 1. The quantitative estimate of drug-likeness (QED) is 0.618. The van der Waals surface area contributed by atoms with Gasteiger partial charge in [0.1, 0.15) is 18.1 Å². The van der Waals surface area contributed by atoms with Crippen molar-refractivity contribution in [2.24, 2.45) is 0 Å². The zero-order chi connectivity index (χ0) is 12.5. The molecule has 0 spiro atoms. The summed E-state index contributed by atoms with van der Waals surface area (Å²) in [5, 5.41) is 0.501. The fraction of sp³-hybridized carbons (Fsp3) is 0.308. The molecule has 4 nitrogen and oxygen atoms in total. The molecule has 3 atom stereocenters. The fourth-order valence-electron chi connectivity index (χ4n) is 2.00. The summed E-state index contributed by atoms with van der Waals surface area (Å²) in [7, 11) is 0. The predicted molar refractivity (Wildman–Crippen MR) is 65.5 cm³/mol. The Balaban J connectivity index is 1.69. The maximum absolute atomic E-state index is 12.0. The van der Waals surface area contributed by atoms with Gasteiger partial charge in [0.15, 0.2) is 6.23 Å². The van der Waals surface area contributed by atoms with Crippen LogP contribution in [0.15, 0.2) is 42.5 Å². The lowest BCUT2D eigenvalue weighted by Crippen LogP contribution is -2.51. The van der Waals surface area contributed by atoms with Crippen LogP contribution < -0.4 is 0 Å². The Morgan fingerprint density at radius 3 is 2.83 bits per heavy atom. The molecular formula is C13H12ClNO3. The van der Waals surface area contributed by atoms with E-state index in [0.717, 1.165) is 5.56 Å². The van der Waals surface area contributed by atoms with Crippen molar-refractivity contribution >= 4 is 17.5 Å². The van der Waals surface area contributed by atoms with Crippen LogP contribution in [0.1, 0.15) is 5.56 Å². The molecule has 2 bridgehead atoms. The zero-order valence-corrected chi connectivity index (χ0v) is 10.3. The summed E-state index contributed by atoms with van der Waals surface area (Å²) in [5.41, 5.74) is 0.987. The van der Waals surface area contributed by atoms with Gasteiger partial charge in [-0.05, 0) is 11.6 Å². The molecule has 18 heavy (non-hydrogen) atoms. The van der Waals surface area contributed by atoms with Crippen molar-refractivity contribution in [1.29, 1.82) is 0 Å². The highest BCUT2D eigenvalue weighted by Crippen LogP contribution is 2.29. The number of hydrogen-bond donors (Lipinski definition) is 0. The molecule has 0 unspecified atom stereocenters. The Morgan fingerprint density at radius 2 is 2.06 bits per heavy atom. The van der Waals surface area contributed by atoms with Crippen molar-refractivity contribution in [3.63, 3.8) is 0 Å². The minimum atomic E-state index is -0.712. The second-order valence-corrected chi connectivity index (χ2v) is 4.67. The van der Waals surface area contributed by atoms with E-state index in [1.54, 1.807) is 12.2 Å². The molecule has 1 amide bonds. The number of fused-ring (bicyclic) bond motifs is 2. The number of ether oxygens (including phenoxy) is 1. The standard InChI is InChI=1S/C13H12ClNO3/c14-12-10-6-7-11(18-10)15(13(12)16)17-8-9-4-2-1-3-5-9/h1-7,10-12H,8H2/t10-,11+,12+/m1/s1. The Kier molecular flexibility index (Phi) is 3.07. The van der Waals surface area contributed by atoms with E-state index in [4.69, 9.17) is 21.2 Å². The topological polar surface area (TPSA) is 38.8 Å². The molecule has 1 fully saturated rings. The molecular weight excluding hydrogens is 254 g/mol. The van der Waals surface area contributed by atoms with Crippen molar-refractivity contribution in [2.45, 2.75) is 24.3 Å². The van der Waals surface area contributed by atoms with Gasteiger partial charge in [-0.2, -0.15) is 5.06 Å². The molecule has 2 heterocycles. The second kappa shape index (κ2) is 4.72. The number of rotatable bonds is 3. The van der Waals surface area contributed by atoms with Gasteiger partial charge < -0.3 is 4.74 Å². The minimum Gasteiger partial charge on any atom is -0.343 e. The Labute approximate surface area is 110 Å². The minimum absolute atomic E-state index is 0.251. The van der Waals surface area contributed by atoms with Gasteiger partial charge in [-0.1, -0.05) is 36.4 Å². The molecule has 3 rings (SSSR count). The van der Waals surface area contributed by atoms with Crippen LogP contribution in [0.3, 0.4) is 0 Å². The molecule has 0 aromatic heterocycles. The van der Waals surface area contributed by atoms with E-state index >= 15 is 0 Å². The number of nitrogens with zero attached hydrogens (tertiary/aromatic N) is 1. The molecule has 2 aliphatic rings. The normalized spacial score (nSPS) is 29.9. The van der Waals surface area contributed by atoms with Gasteiger partial charge in [-0.3, -0.25) is 9.63 Å². The summed E-state index contributed by atoms with van der Waals surface area (Å²) in [4.78, 5) is 17.5. The number of benzene rings is 1. The summed E-state index contributed by atoms with van der Waals surface area (Å²) in [6.45, 7) is 0.314. The maximum Gasteiger partial charge on any atom is 0.269 e. The molecule has 1 aromatic rings. The molecule has 94 valence electrons. The van der Waals surface area contributed by atoms with E-state index in [9.17, 15) is 4.79 Å². The smallest absolute Gasteiger partial charge is 0.269 e. The molecule has 1 aromatic carbocycles. The summed E-state index contributed by atoms with van der Waals surface area (Å²) >= 11 is 5.99. The number of carbonyl (C=O) groups is 1. The van der Waals surface area contributed by atoms with Crippen LogP contribution in [0.5, 0.6) is 0 Å². The van der Waals surface area contributed by atoms with Gasteiger partial charge in [0.05, 0.1) is 0 Å². The van der Waals surface area contributed by atoms with Crippen molar-refractivity contribution in [2.75, 3.05) is 0 Å². The van der Waals surface area contributed by atoms with Gasteiger partial charge in [0, 0.05) is 0 Å². The Bertz CT molecular complexity index is 476. The van der Waals surface area contributed by atoms with Crippen LogP contribution in [-0.2, 0) is 21.0 Å². The van der Waals surface area contributed by atoms with Gasteiger partial charge >= 0.3 is 0 Å². The van der Waals surface area contributed by atoms with E-state index in [2.05, 4.69) is 0 Å². The van der Waals surface area contributed by atoms with Crippen molar-refractivity contribution in [3.05, 3.63) is 48.0 Å². The largest absolute Gasteiger partial charge is 0.343 e. The first-order valence-electron chi connectivity index (χ1n) is 5.73. The fourth-order valence-corrected chi connectivity index (χ4v) is 2.24. The van der Waals surface area contributed by atoms with Crippen molar-refractivity contribution < 1.29 is 14.4 Å². The lowest BCUT2D eigenvalue weighted by Gasteiger charge is -2.34. The molecule has 1 saturated heterocycles. The number of halogens is 1. The predicted octanol–water partition coefficient (Wildman–Crippen LogP) is 1.85. The molecule has 5 heteroatoms.